The van der Waals surface area contributed by atoms with Crippen LogP contribution in [0.2, 0.25) is 0 Å². The maximum absolute atomic E-state index is 3.56. The lowest BCUT2D eigenvalue weighted by Gasteiger charge is -2.28. The summed E-state index contributed by atoms with van der Waals surface area (Å²) in [5.41, 5.74) is 4.24. The van der Waals surface area contributed by atoms with Crippen molar-refractivity contribution in [1.29, 1.82) is 0 Å². The van der Waals surface area contributed by atoms with Crippen molar-refractivity contribution in [1.82, 2.24) is 5.32 Å². The number of benzene rings is 1. The van der Waals surface area contributed by atoms with Crippen molar-refractivity contribution in [2.45, 2.75) is 59.2 Å². The number of hydrogen-bond acceptors (Lipinski definition) is 3. The summed E-state index contributed by atoms with van der Waals surface area (Å²) in [4.78, 5) is 2.39. The van der Waals surface area contributed by atoms with E-state index in [1.165, 1.54) is 29.0 Å². The van der Waals surface area contributed by atoms with E-state index in [1.54, 1.807) is 0 Å². The third-order valence-electron chi connectivity index (χ3n) is 3.94. The lowest BCUT2D eigenvalue weighted by atomic mass is 10.0. The molecule has 1 rings (SSSR count). The van der Waals surface area contributed by atoms with Gasteiger partial charge in [0, 0.05) is 30.9 Å². The molecule has 120 valence electrons. The van der Waals surface area contributed by atoms with E-state index in [0.717, 1.165) is 6.54 Å². The minimum absolute atomic E-state index is 0.161. The Kier molecular flexibility index (Phi) is 7.08. The van der Waals surface area contributed by atoms with Gasteiger partial charge in [-0.3, -0.25) is 0 Å². The van der Waals surface area contributed by atoms with Crippen LogP contribution in [-0.4, -0.2) is 30.6 Å². The standard InChI is InChI=1S/C18H32N2S/c1-14-12-17(20(6)15(2)10-11-21-7)9-8-16(14)13-19-18(3,4)5/h8-9,12,15,19H,10-11,13H2,1-7H3. The molecule has 0 saturated heterocycles. The fourth-order valence-electron chi connectivity index (χ4n) is 2.19. The number of nitrogens with zero attached hydrogens (tertiary/aromatic N) is 1. The zero-order valence-electron chi connectivity index (χ0n) is 14.8. The second-order valence-corrected chi connectivity index (χ2v) is 7.94. The van der Waals surface area contributed by atoms with Crippen LogP contribution in [0.15, 0.2) is 18.2 Å². The van der Waals surface area contributed by atoms with Crippen molar-refractivity contribution < 1.29 is 0 Å². The summed E-state index contributed by atoms with van der Waals surface area (Å²) in [5.74, 6) is 1.22. The van der Waals surface area contributed by atoms with Gasteiger partial charge in [-0.25, -0.2) is 0 Å². The maximum atomic E-state index is 3.56. The second-order valence-electron chi connectivity index (χ2n) is 6.96. The average molecular weight is 309 g/mol. The van der Waals surface area contributed by atoms with Crippen LogP contribution in [0, 0.1) is 6.92 Å². The van der Waals surface area contributed by atoms with Crippen LogP contribution >= 0.6 is 11.8 Å². The van der Waals surface area contributed by atoms with Gasteiger partial charge >= 0.3 is 0 Å². The second kappa shape index (κ2) is 8.09. The molecule has 2 nitrogen and oxygen atoms in total. The molecule has 0 radical (unpaired) electrons. The Morgan fingerprint density at radius 3 is 2.48 bits per heavy atom. The van der Waals surface area contributed by atoms with Gasteiger partial charge in [0.2, 0.25) is 0 Å². The van der Waals surface area contributed by atoms with Crippen molar-refractivity contribution >= 4 is 17.4 Å². The summed E-state index contributed by atoms with van der Waals surface area (Å²) < 4.78 is 0. The molecule has 1 N–H and O–H groups in total. The summed E-state index contributed by atoms with van der Waals surface area (Å²) in [5, 5.41) is 3.56. The van der Waals surface area contributed by atoms with E-state index in [-0.39, 0.29) is 5.54 Å². The molecule has 0 aliphatic rings. The Hall–Kier alpha value is -0.670. The first-order chi connectivity index (χ1) is 9.74. The molecule has 0 saturated carbocycles. The molecule has 1 atom stereocenters. The molecule has 3 heteroatoms. The lowest BCUT2D eigenvalue weighted by Crippen LogP contribution is -2.35. The van der Waals surface area contributed by atoms with Crippen LogP contribution < -0.4 is 10.2 Å². The summed E-state index contributed by atoms with van der Waals surface area (Å²) >= 11 is 1.92. The molecule has 0 amide bonds. The smallest absolute Gasteiger partial charge is 0.0368 e. The summed E-state index contributed by atoms with van der Waals surface area (Å²) in [6, 6.07) is 7.41. The molecule has 0 aromatic heterocycles. The number of aryl methyl sites for hydroxylation is 1. The quantitative estimate of drug-likeness (QED) is 0.800. The van der Waals surface area contributed by atoms with E-state index in [4.69, 9.17) is 0 Å². The lowest BCUT2D eigenvalue weighted by molar-refractivity contribution is 0.424. The highest BCUT2D eigenvalue weighted by Crippen LogP contribution is 2.22. The Balaban J connectivity index is 2.72. The van der Waals surface area contributed by atoms with Gasteiger partial charge < -0.3 is 10.2 Å². The number of thioether (sulfide) groups is 1. The maximum Gasteiger partial charge on any atom is 0.0368 e. The Bertz CT molecular complexity index is 437. The van der Waals surface area contributed by atoms with Gasteiger partial charge in [-0.05, 0) is 76.3 Å². The zero-order chi connectivity index (χ0) is 16.0. The minimum atomic E-state index is 0.161. The summed E-state index contributed by atoms with van der Waals surface area (Å²) in [6.07, 6.45) is 3.40. The highest BCUT2D eigenvalue weighted by Gasteiger charge is 2.12. The minimum Gasteiger partial charge on any atom is -0.372 e. The van der Waals surface area contributed by atoms with Gasteiger partial charge in [0.05, 0.1) is 0 Å². The predicted octanol–water partition coefficient (Wildman–Crippen LogP) is 4.46. The van der Waals surface area contributed by atoms with Crippen LogP contribution in [0.1, 0.15) is 45.2 Å². The molecule has 1 aromatic rings. The number of hydrogen-bond donors (Lipinski definition) is 1. The Morgan fingerprint density at radius 1 is 1.29 bits per heavy atom. The van der Waals surface area contributed by atoms with Crippen molar-refractivity contribution in [3.8, 4) is 0 Å². The zero-order valence-corrected chi connectivity index (χ0v) is 15.6. The molecule has 0 aliphatic carbocycles. The number of rotatable bonds is 7. The molecule has 0 fully saturated rings. The van der Waals surface area contributed by atoms with Gasteiger partial charge in [0.1, 0.15) is 0 Å². The van der Waals surface area contributed by atoms with E-state index in [9.17, 15) is 0 Å². The van der Waals surface area contributed by atoms with E-state index in [2.05, 4.69) is 76.3 Å². The van der Waals surface area contributed by atoms with Gasteiger partial charge in [0.25, 0.3) is 0 Å². The van der Waals surface area contributed by atoms with Gasteiger partial charge in [-0.2, -0.15) is 11.8 Å². The normalized spacial score (nSPS) is 13.3. The fraction of sp³-hybridized carbons (Fsp3) is 0.667. The predicted molar refractivity (Wildman–Crippen MR) is 98.6 cm³/mol. The molecule has 0 spiro atoms. The molecule has 1 unspecified atom stereocenters. The van der Waals surface area contributed by atoms with Crippen LogP contribution in [0.3, 0.4) is 0 Å². The van der Waals surface area contributed by atoms with Crippen molar-refractivity contribution in [3.05, 3.63) is 29.3 Å². The van der Waals surface area contributed by atoms with Crippen molar-refractivity contribution in [2.24, 2.45) is 0 Å². The fourth-order valence-corrected chi connectivity index (χ4v) is 2.77. The van der Waals surface area contributed by atoms with Gasteiger partial charge in [-0.15, -0.1) is 0 Å². The van der Waals surface area contributed by atoms with Crippen LogP contribution in [0.4, 0.5) is 5.69 Å². The van der Waals surface area contributed by atoms with E-state index >= 15 is 0 Å². The van der Waals surface area contributed by atoms with Crippen LogP contribution in [-0.2, 0) is 6.54 Å². The van der Waals surface area contributed by atoms with Crippen molar-refractivity contribution in [3.63, 3.8) is 0 Å². The van der Waals surface area contributed by atoms with E-state index < -0.39 is 0 Å². The van der Waals surface area contributed by atoms with E-state index in [0.29, 0.717) is 6.04 Å². The highest BCUT2D eigenvalue weighted by molar-refractivity contribution is 7.98. The highest BCUT2D eigenvalue weighted by atomic mass is 32.2. The largest absolute Gasteiger partial charge is 0.372 e. The third kappa shape index (κ3) is 6.31. The molecule has 0 aliphatic heterocycles. The SMILES string of the molecule is CSCCC(C)N(C)c1ccc(CNC(C)(C)C)c(C)c1. The first-order valence-electron chi connectivity index (χ1n) is 7.81. The summed E-state index contributed by atoms with van der Waals surface area (Å²) in [7, 11) is 2.20. The monoisotopic (exact) mass is 308 g/mol. The molecule has 0 bridgehead atoms. The van der Waals surface area contributed by atoms with Gasteiger partial charge in [-0.1, -0.05) is 6.07 Å². The van der Waals surface area contributed by atoms with Crippen molar-refractivity contribution in [2.75, 3.05) is 24.0 Å². The average Bonchev–Trinajstić information content (AvgIpc) is 2.41. The molecular formula is C18H32N2S. The number of anilines is 1. The third-order valence-corrected chi connectivity index (χ3v) is 4.59. The molecule has 0 heterocycles. The molecule has 21 heavy (non-hydrogen) atoms. The first kappa shape index (κ1) is 18.4. The summed E-state index contributed by atoms with van der Waals surface area (Å²) in [6.45, 7) is 12.1. The van der Waals surface area contributed by atoms with Crippen LogP contribution in [0.25, 0.3) is 0 Å². The first-order valence-corrected chi connectivity index (χ1v) is 9.20. The van der Waals surface area contributed by atoms with Gasteiger partial charge in [0.15, 0.2) is 0 Å². The Morgan fingerprint density at radius 2 is 1.95 bits per heavy atom. The van der Waals surface area contributed by atoms with Crippen LogP contribution in [0.5, 0.6) is 0 Å². The Labute approximate surface area is 135 Å². The topological polar surface area (TPSA) is 15.3 Å². The molecular weight excluding hydrogens is 276 g/mol. The van der Waals surface area contributed by atoms with E-state index in [1.807, 2.05) is 11.8 Å². The number of nitrogens with one attached hydrogen (secondary N) is 1. The molecule has 1 aromatic carbocycles.